The first-order valence-electron chi connectivity index (χ1n) is 11.6. The third-order valence-corrected chi connectivity index (χ3v) is 7.29. The van der Waals surface area contributed by atoms with Gasteiger partial charge in [-0.1, -0.05) is 46.8 Å². The number of nitrogens with one attached hydrogen (secondary N) is 1. The van der Waals surface area contributed by atoms with Gasteiger partial charge in [0.15, 0.2) is 17.3 Å². The van der Waals surface area contributed by atoms with Crippen molar-refractivity contribution < 1.29 is 23.8 Å². The molecule has 1 aliphatic carbocycles. The number of carbonyl (C=O) groups excluding carboxylic acids is 2. The van der Waals surface area contributed by atoms with E-state index in [-0.39, 0.29) is 23.8 Å². The molecule has 2 aromatic carbocycles. The molecule has 0 saturated heterocycles. The molecule has 0 bridgehead atoms. The lowest BCUT2D eigenvalue weighted by atomic mass is 9.69. The van der Waals surface area contributed by atoms with Gasteiger partial charge in [-0.05, 0) is 55.5 Å². The van der Waals surface area contributed by atoms with Gasteiger partial charge in [0.2, 0.25) is 0 Å². The zero-order chi connectivity index (χ0) is 25.3. The van der Waals surface area contributed by atoms with Crippen LogP contribution in [0.25, 0.3) is 0 Å². The van der Waals surface area contributed by atoms with Crippen LogP contribution in [0.4, 0.5) is 0 Å². The van der Waals surface area contributed by atoms with Crippen LogP contribution in [0.1, 0.15) is 49.7 Å². The molecule has 2 aliphatic rings. The fourth-order valence-electron chi connectivity index (χ4n) is 5.04. The Kier molecular flexibility index (Phi) is 7.36. The third kappa shape index (κ3) is 4.87. The summed E-state index contributed by atoms with van der Waals surface area (Å²) >= 11 is 3.63. The summed E-state index contributed by atoms with van der Waals surface area (Å²) in [6.07, 6.45) is 0.666. The molecule has 0 saturated carbocycles. The summed E-state index contributed by atoms with van der Waals surface area (Å²) in [5.74, 6) is -0.353. The monoisotopic (exact) mass is 539 g/mol. The van der Waals surface area contributed by atoms with Gasteiger partial charge in [0.05, 0.1) is 20.3 Å². The molecule has 3 atom stereocenters. The maximum atomic E-state index is 13.7. The van der Waals surface area contributed by atoms with E-state index in [2.05, 4.69) is 27.8 Å². The van der Waals surface area contributed by atoms with Crippen LogP contribution in [0, 0.1) is 5.92 Å². The van der Waals surface area contributed by atoms with Crippen molar-refractivity contribution in [1.29, 1.82) is 0 Å². The molecule has 7 heteroatoms. The Balaban J connectivity index is 1.78. The molecule has 0 amide bonds. The first-order valence-corrected chi connectivity index (χ1v) is 12.4. The van der Waals surface area contributed by atoms with Gasteiger partial charge in [0.25, 0.3) is 0 Å². The zero-order valence-electron chi connectivity index (χ0n) is 20.4. The largest absolute Gasteiger partial charge is 0.493 e. The molecule has 0 aromatic heterocycles. The second kappa shape index (κ2) is 10.3. The van der Waals surface area contributed by atoms with Gasteiger partial charge in [-0.15, -0.1) is 0 Å². The number of benzene rings is 2. The summed E-state index contributed by atoms with van der Waals surface area (Å²) in [7, 11) is 3.19. The lowest BCUT2D eigenvalue weighted by Crippen LogP contribution is -2.42. The van der Waals surface area contributed by atoms with Crippen molar-refractivity contribution in [1.82, 2.24) is 5.32 Å². The number of ether oxygens (including phenoxy) is 3. The standard InChI is InChI=1S/C28H30BrNO5/c1-15(2)35-28(32)25-16(3)30-21-12-18(17-10-11-23(33-4)24(14-17)34-5)13-22(31)27(21)26(25)19-8-6-7-9-20(19)29/h6-11,14-15,18,25-26,30H,3,12-13H2,1-2,4-5H3. The highest BCUT2D eigenvalue weighted by molar-refractivity contribution is 9.10. The van der Waals surface area contributed by atoms with Crippen molar-refractivity contribution in [3.63, 3.8) is 0 Å². The highest BCUT2D eigenvalue weighted by Gasteiger charge is 2.46. The molecule has 3 unspecified atom stereocenters. The van der Waals surface area contributed by atoms with E-state index in [9.17, 15) is 9.59 Å². The van der Waals surface area contributed by atoms with E-state index >= 15 is 0 Å². The molecule has 0 fully saturated rings. The number of Topliss-reactive ketones (excluding diaryl/α,β-unsaturated/α-hetero) is 1. The minimum atomic E-state index is -0.712. The highest BCUT2D eigenvalue weighted by atomic mass is 79.9. The van der Waals surface area contributed by atoms with Gasteiger partial charge in [0, 0.05) is 33.8 Å². The molecule has 184 valence electrons. The van der Waals surface area contributed by atoms with Crippen molar-refractivity contribution in [3.05, 3.63) is 81.6 Å². The fourth-order valence-corrected chi connectivity index (χ4v) is 5.57. The number of carbonyl (C=O) groups is 2. The average Bonchev–Trinajstić information content (AvgIpc) is 2.82. The predicted molar refractivity (Wildman–Crippen MR) is 137 cm³/mol. The van der Waals surface area contributed by atoms with Crippen LogP contribution in [0.5, 0.6) is 11.5 Å². The molecule has 0 radical (unpaired) electrons. The van der Waals surface area contributed by atoms with Crippen molar-refractivity contribution in [2.75, 3.05) is 14.2 Å². The molecule has 6 nitrogen and oxygen atoms in total. The molecule has 1 heterocycles. The Morgan fingerprint density at radius 2 is 1.80 bits per heavy atom. The minimum Gasteiger partial charge on any atom is -0.493 e. The number of rotatable bonds is 6. The molecule has 1 aliphatic heterocycles. The predicted octanol–water partition coefficient (Wildman–Crippen LogP) is 5.64. The van der Waals surface area contributed by atoms with E-state index < -0.39 is 11.8 Å². The molecule has 1 N–H and O–H groups in total. The first kappa shape index (κ1) is 25.0. The second-order valence-electron chi connectivity index (χ2n) is 9.15. The lowest BCUT2D eigenvalue weighted by molar-refractivity contribution is -0.151. The van der Waals surface area contributed by atoms with Crippen LogP contribution < -0.4 is 14.8 Å². The van der Waals surface area contributed by atoms with Gasteiger partial charge in [-0.3, -0.25) is 9.59 Å². The van der Waals surface area contributed by atoms with Crippen LogP contribution >= 0.6 is 15.9 Å². The summed E-state index contributed by atoms with van der Waals surface area (Å²) in [4.78, 5) is 26.9. The van der Waals surface area contributed by atoms with Crippen molar-refractivity contribution in [2.45, 2.75) is 44.6 Å². The van der Waals surface area contributed by atoms with Gasteiger partial charge >= 0.3 is 5.97 Å². The van der Waals surface area contributed by atoms with Crippen LogP contribution in [0.2, 0.25) is 0 Å². The Bertz CT molecular complexity index is 1200. The summed E-state index contributed by atoms with van der Waals surface area (Å²) in [6.45, 7) is 7.81. The molecular formula is C28H30BrNO5. The maximum absolute atomic E-state index is 13.7. The summed E-state index contributed by atoms with van der Waals surface area (Å²) in [5.41, 5.74) is 3.84. The van der Waals surface area contributed by atoms with Gasteiger partial charge in [0.1, 0.15) is 5.92 Å². The Labute approximate surface area is 214 Å². The number of ketones is 1. The molecular weight excluding hydrogens is 510 g/mol. The molecule has 4 rings (SSSR count). The number of methoxy groups -OCH3 is 2. The highest BCUT2D eigenvalue weighted by Crippen LogP contribution is 2.49. The summed E-state index contributed by atoms with van der Waals surface area (Å²) < 4.78 is 17.3. The van der Waals surface area contributed by atoms with Crippen LogP contribution in [-0.2, 0) is 14.3 Å². The number of allylic oxidation sites excluding steroid dienone is 2. The molecule has 35 heavy (non-hydrogen) atoms. The van der Waals surface area contributed by atoms with E-state index in [1.165, 1.54) is 0 Å². The number of hydrogen-bond acceptors (Lipinski definition) is 6. The quantitative estimate of drug-likeness (QED) is 0.479. The number of hydrogen-bond donors (Lipinski definition) is 1. The maximum Gasteiger partial charge on any atom is 0.316 e. The van der Waals surface area contributed by atoms with E-state index in [1.807, 2.05) is 56.3 Å². The van der Waals surface area contributed by atoms with Crippen molar-refractivity contribution in [2.24, 2.45) is 5.92 Å². The van der Waals surface area contributed by atoms with Crippen LogP contribution in [0.15, 0.2) is 70.5 Å². The molecule has 0 spiro atoms. The fraction of sp³-hybridized carbons (Fsp3) is 0.357. The van der Waals surface area contributed by atoms with E-state index in [4.69, 9.17) is 14.2 Å². The number of halogens is 1. The lowest BCUT2D eigenvalue weighted by Gasteiger charge is -2.40. The third-order valence-electron chi connectivity index (χ3n) is 6.56. The summed E-state index contributed by atoms with van der Waals surface area (Å²) in [6, 6.07) is 13.4. The zero-order valence-corrected chi connectivity index (χ0v) is 22.0. The molecule has 2 aromatic rings. The van der Waals surface area contributed by atoms with Crippen LogP contribution in [0.3, 0.4) is 0 Å². The van der Waals surface area contributed by atoms with E-state index in [0.29, 0.717) is 35.6 Å². The van der Waals surface area contributed by atoms with Crippen molar-refractivity contribution >= 4 is 27.7 Å². The van der Waals surface area contributed by atoms with Crippen LogP contribution in [-0.4, -0.2) is 32.1 Å². The number of esters is 1. The van der Waals surface area contributed by atoms with Gasteiger partial charge in [-0.2, -0.15) is 0 Å². The smallest absolute Gasteiger partial charge is 0.316 e. The topological polar surface area (TPSA) is 73.9 Å². The SMILES string of the molecule is C=C1NC2=C(C(=O)CC(c3ccc(OC)c(OC)c3)C2)C(c2ccccc2Br)C1C(=O)OC(C)C. The normalized spacial score (nSPS) is 21.9. The second-order valence-corrected chi connectivity index (χ2v) is 10.0. The Morgan fingerprint density at radius 3 is 2.46 bits per heavy atom. The van der Waals surface area contributed by atoms with Gasteiger partial charge < -0.3 is 19.5 Å². The summed E-state index contributed by atoms with van der Waals surface area (Å²) in [5, 5.41) is 3.32. The Morgan fingerprint density at radius 1 is 1.09 bits per heavy atom. The van der Waals surface area contributed by atoms with E-state index in [1.54, 1.807) is 14.2 Å². The Hall–Kier alpha value is -3.06. The van der Waals surface area contributed by atoms with Crippen molar-refractivity contribution in [3.8, 4) is 11.5 Å². The van der Waals surface area contributed by atoms with E-state index in [0.717, 1.165) is 21.3 Å². The first-order chi connectivity index (χ1) is 16.7. The minimum absolute atomic E-state index is 0.00846. The van der Waals surface area contributed by atoms with Gasteiger partial charge in [-0.25, -0.2) is 0 Å². The average molecular weight is 540 g/mol.